The van der Waals surface area contributed by atoms with Crippen LogP contribution in [0.15, 0.2) is 47.4 Å². The van der Waals surface area contributed by atoms with Crippen LogP contribution < -0.4 is 0 Å². The molecular weight excluding hydrogens is 436 g/mol. The molecule has 2 aromatic rings. The summed E-state index contributed by atoms with van der Waals surface area (Å²) in [5, 5.41) is 10.8. The summed E-state index contributed by atoms with van der Waals surface area (Å²) in [6.07, 6.45) is 4.21. The molecule has 1 saturated heterocycles. The van der Waals surface area contributed by atoms with Gasteiger partial charge in [-0.1, -0.05) is 37.3 Å². The normalized spacial score (nSPS) is 15.7. The van der Waals surface area contributed by atoms with Crippen molar-refractivity contribution in [1.29, 1.82) is 5.26 Å². The van der Waals surface area contributed by atoms with Gasteiger partial charge in [0.05, 0.1) is 0 Å². The molecule has 0 N–H and O–H groups in total. The van der Waals surface area contributed by atoms with E-state index in [4.69, 9.17) is 0 Å². The van der Waals surface area contributed by atoms with Crippen LogP contribution in [-0.2, 0) is 21.4 Å². The van der Waals surface area contributed by atoms with Crippen molar-refractivity contribution in [3.63, 3.8) is 0 Å². The first-order valence-electron chi connectivity index (χ1n) is 11.1. The molecule has 0 saturated carbocycles. The quantitative estimate of drug-likeness (QED) is 0.461. The fourth-order valence-corrected chi connectivity index (χ4v) is 5.14. The van der Waals surface area contributed by atoms with Gasteiger partial charge in [-0.15, -0.1) is 0 Å². The molecule has 0 aliphatic carbocycles. The molecule has 2 heterocycles. The highest BCUT2D eigenvalue weighted by molar-refractivity contribution is 7.92. The van der Waals surface area contributed by atoms with Gasteiger partial charge in [-0.3, -0.25) is 4.79 Å². The Morgan fingerprint density at radius 3 is 2.39 bits per heavy atom. The van der Waals surface area contributed by atoms with Crippen LogP contribution >= 0.6 is 0 Å². The maximum absolute atomic E-state index is 13.0. The van der Waals surface area contributed by atoms with Gasteiger partial charge < -0.3 is 9.47 Å². The molecule has 0 radical (unpaired) electrons. The average Bonchev–Trinajstić information content (AvgIpc) is 3.09. The fraction of sp³-hybridized carbons (Fsp3) is 0.360. The summed E-state index contributed by atoms with van der Waals surface area (Å²) in [6, 6.07) is 13.2. The number of sulfonamides is 1. The van der Waals surface area contributed by atoms with E-state index in [1.54, 1.807) is 17.1 Å². The molecule has 1 aromatic heterocycles. The molecule has 33 heavy (non-hydrogen) atoms. The Morgan fingerprint density at radius 1 is 1.12 bits per heavy atom. The maximum atomic E-state index is 13.0. The number of piperazine rings is 1. The molecular formula is C25H30N4O3S. The van der Waals surface area contributed by atoms with Gasteiger partial charge in [0.1, 0.15) is 11.6 Å². The van der Waals surface area contributed by atoms with E-state index >= 15 is 0 Å². The van der Waals surface area contributed by atoms with Crippen LogP contribution in [-0.4, -0.2) is 54.3 Å². The minimum Gasteiger partial charge on any atom is -0.349 e. The number of nitriles is 1. The summed E-state index contributed by atoms with van der Waals surface area (Å²) in [5.74, 6) is -0.366. The molecule has 0 bridgehead atoms. The third-order valence-corrected chi connectivity index (χ3v) is 7.39. The lowest BCUT2D eigenvalue weighted by Crippen LogP contribution is -2.50. The zero-order chi connectivity index (χ0) is 24.0. The molecule has 0 spiro atoms. The van der Waals surface area contributed by atoms with Gasteiger partial charge in [0.25, 0.3) is 5.91 Å². The van der Waals surface area contributed by atoms with Gasteiger partial charge in [0, 0.05) is 49.5 Å². The second kappa shape index (κ2) is 10.6. The monoisotopic (exact) mass is 466 g/mol. The third kappa shape index (κ3) is 5.81. The Balaban J connectivity index is 1.68. The predicted octanol–water partition coefficient (Wildman–Crippen LogP) is 3.57. The van der Waals surface area contributed by atoms with Gasteiger partial charge in [-0.2, -0.15) is 9.57 Å². The predicted molar refractivity (Wildman–Crippen MR) is 130 cm³/mol. The van der Waals surface area contributed by atoms with Crippen molar-refractivity contribution in [1.82, 2.24) is 13.8 Å². The number of hydrogen-bond donors (Lipinski definition) is 0. The number of rotatable bonds is 7. The Hall–Kier alpha value is -3.15. The number of carbonyl (C=O) groups is 1. The topological polar surface area (TPSA) is 86.4 Å². The summed E-state index contributed by atoms with van der Waals surface area (Å²) in [5.41, 5.74) is 3.84. The SMILES string of the molecule is CCCn1c(C)cc(/C=C(\C#N)C(=O)N2CCN(S(=O)(=O)/C=C/c3ccccc3)CC2)c1C. The van der Waals surface area contributed by atoms with Gasteiger partial charge in [-0.05, 0) is 49.6 Å². The molecule has 7 nitrogen and oxygen atoms in total. The van der Waals surface area contributed by atoms with Gasteiger partial charge in [0.2, 0.25) is 10.0 Å². The number of benzene rings is 1. The zero-order valence-corrected chi connectivity index (χ0v) is 20.2. The van der Waals surface area contributed by atoms with Crippen LogP contribution in [0.25, 0.3) is 12.2 Å². The van der Waals surface area contributed by atoms with Crippen molar-refractivity contribution in [2.75, 3.05) is 26.2 Å². The highest BCUT2D eigenvalue weighted by Gasteiger charge is 2.28. The van der Waals surface area contributed by atoms with E-state index in [0.29, 0.717) is 0 Å². The van der Waals surface area contributed by atoms with Crippen molar-refractivity contribution in [3.8, 4) is 6.07 Å². The molecule has 1 amide bonds. The summed E-state index contributed by atoms with van der Waals surface area (Å²) >= 11 is 0. The van der Waals surface area contributed by atoms with Crippen LogP contribution in [0.1, 0.15) is 35.9 Å². The van der Waals surface area contributed by atoms with E-state index in [-0.39, 0.29) is 37.7 Å². The van der Waals surface area contributed by atoms with Crippen LogP contribution in [0.3, 0.4) is 0 Å². The largest absolute Gasteiger partial charge is 0.349 e. The van der Waals surface area contributed by atoms with E-state index in [0.717, 1.165) is 35.5 Å². The highest BCUT2D eigenvalue weighted by atomic mass is 32.2. The average molecular weight is 467 g/mol. The Morgan fingerprint density at radius 2 is 1.79 bits per heavy atom. The molecule has 1 aliphatic heterocycles. The lowest BCUT2D eigenvalue weighted by atomic mass is 10.1. The molecule has 174 valence electrons. The van der Waals surface area contributed by atoms with Crippen LogP contribution in [0.2, 0.25) is 0 Å². The highest BCUT2D eigenvalue weighted by Crippen LogP contribution is 2.20. The molecule has 3 rings (SSSR count). The number of hydrogen-bond acceptors (Lipinski definition) is 4. The number of aromatic nitrogens is 1. The van der Waals surface area contributed by atoms with E-state index < -0.39 is 10.0 Å². The second-order valence-corrected chi connectivity index (χ2v) is 9.92. The molecule has 1 aliphatic rings. The lowest BCUT2D eigenvalue weighted by molar-refractivity contribution is -0.127. The second-order valence-electron chi connectivity index (χ2n) is 8.10. The van der Waals surface area contributed by atoms with Gasteiger partial charge in [-0.25, -0.2) is 8.42 Å². The van der Waals surface area contributed by atoms with Crippen LogP contribution in [0.5, 0.6) is 0 Å². The van der Waals surface area contributed by atoms with E-state index in [9.17, 15) is 18.5 Å². The summed E-state index contributed by atoms with van der Waals surface area (Å²) in [6.45, 7) is 7.86. The van der Waals surface area contributed by atoms with E-state index in [2.05, 4.69) is 11.5 Å². The zero-order valence-electron chi connectivity index (χ0n) is 19.4. The van der Waals surface area contributed by atoms with Gasteiger partial charge >= 0.3 is 0 Å². The summed E-state index contributed by atoms with van der Waals surface area (Å²) in [7, 11) is -3.59. The summed E-state index contributed by atoms with van der Waals surface area (Å²) < 4.78 is 28.9. The van der Waals surface area contributed by atoms with Crippen molar-refractivity contribution < 1.29 is 13.2 Å². The molecule has 8 heteroatoms. The Labute approximate surface area is 196 Å². The maximum Gasteiger partial charge on any atom is 0.264 e. The van der Waals surface area contributed by atoms with E-state index in [1.807, 2.05) is 56.3 Å². The molecule has 1 aromatic carbocycles. The first-order valence-corrected chi connectivity index (χ1v) is 12.6. The Bertz CT molecular complexity index is 1200. The first kappa shape index (κ1) is 24.5. The minimum atomic E-state index is -3.59. The molecule has 0 unspecified atom stereocenters. The van der Waals surface area contributed by atoms with Crippen LogP contribution in [0, 0.1) is 25.2 Å². The van der Waals surface area contributed by atoms with E-state index in [1.165, 1.54) is 9.71 Å². The fourth-order valence-electron chi connectivity index (χ4n) is 3.97. The third-order valence-electron chi connectivity index (χ3n) is 5.83. The van der Waals surface area contributed by atoms with Crippen molar-refractivity contribution in [3.05, 3.63) is 69.9 Å². The smallest absolute Gasteiger partial charge is 0.264 e. The van der Waals surface area contributed by atoms with Crippen molar-refractivity contribution in [2.45, 2.75) is 33.7 Å². The number of amides is 1. The molecule has 1 fully saturated rings. The standard InChI is InChI=1S/C25H30N4O3S/c1-4-11-29-20(2)17-23(21(29)3)18-24(19-26)25(30)27-12-14-28(15-13-27)33(31,32)16-10-22-8-6-5-7-9-22/h5-10,16-18H,4,11-15H2,1-3H3/b16-10+,24-18+. The number of carbonyl (C=O) groups excluding carboxylic acids is 1. The summed E-state index contributed by atoms with van der Waals surface area (Å²) in [4.78, 5) is 14.5. The number of aryl methyl sites for hydroxylation is 1. The first-order chi connectivity index (χ1) is 15.8. The molecule has 0 atom stereocenters. The van der Waals surface area contributed by atoms with Crippen molar-refractivity contribution >= 4 is 28.1 Å². The van der Waals surface area contributed by atoms with Crippen molar-refractivity contribution in [2.24, 2.45) is 0 Å². The Kier molecular flexibility index (Phi) is 7.90. The van der Waals surface area contributed by atoms with Gasteiger partial charge in [0.15, 0.2) is 0 Å². The lowest BCUT2D eigenvalue weighted by Gasteiger charge is -2.33. The minimum absolute atomic E-state index is 0.0621. The van der Waals surface area contributed by atoms with Crippen LogP contribution in [0.4, 0.5) is 0 Å². The number of nitrogens with zero attached hydrogens (tertiary/aromatic N) is 4.